The Bertz CT molecular complexity index is 803. The molecule has 0 spiro atoms. The lowest BCUT2D eigenvalue weighted by molar-refractivity contribution is -0.142. The van der Waals surface area contributed by atoms with Crippen LogP contribution in [-0.4, -0.2) is 48.3 Å². The Hall–Kier alpha value is -2.93. The molecule has 1 aromatic carbocycles. The second-order valence-corrected chi connectivity index (χ2v) is 6.40. The lowest BCUT2D eigenvalue weighted by Crippen LogP contribution is -2.48. The van der Waals surface area contributed by atoms with Gasteiger partial charge in [-0.2, -0.15) is 0 Å². The second kappa shape index (κ2) is 8.64. The summed E-state index contributed by atoms with van der Waals surface area (Å²) in [4.78, 5) is 28.7. The third-order valence-corrected chi connectivity index (χ3v) is 4.62. The van der Waals surface area contributed by atoms with Crippen molar-refractivity contribution >= 4 is 11.9 Å². The Labute approximate surface area is 157 Å². The summed E-state index contributed by atoms with van der Waals surface area (Å²) in [7, 11) is 1.55. The van der Waals surface area contributed by atoms with Gasteiger partial charge in [0.2, 0.25) is 0 Å². The quantitative estimate of drug-likeness (QED) is 0.810. The van der Waals surface area contributed by atoms with Gasteiger partial charge >= 0.3 is 5.97 Å². The fourth-order valence-electron chi connectivity index (χ4n) is 3.21. The molecule has 1 saturated heterocycles. The van der Waals surface area contributed by atoms with Gasteiger partial charge in [0.05, 0.1) is 19.4 Å². The number of carboxylic acids is 1. The first-order valence-electron chi connectivity index (χ1n) is 8.81. The van der Waals surface area contributed by atoms with E-state index >= 15 is 0 Å². The minimum atomic E-state index is -1.06. The van der Waals surface area contributed by atoms with Crippen LogP contribution in [0.25, 0.3) is 11.3 Å². The van der Waals surface area contributed by atoms with Gasteiger partial charge in [-0.3, -0.25) is 9.78 Å². The third kappa shape index (κ3) is 4.43. The summed E-state index contributed by atoms with van der Waals surface area (Å²) in [6, 6.07) is 9.42. The van der Waals surface area contributed by atoms with Gasteiger partial charge in [0.1, 0.15) is 11.8 Å². The smallest absolute Gasteiger partial charge is 0.326 e. The van der Waals surface area contributed by atoms with Crippen LogP contribution in [0.1, 0.15) is 23.2 Å². The van der Waals surface area contributed by atoms with Gasteiger partial charge in [0.25, 0.3) is 5.91 Å². The van der Waals surface area contributed by atoms with E-state index in [0.717, 1.165) is 6.42 Å². The van der Waals surface area contributed by atoms with E-state index in [9.17, 15) is 14.7 Å². The summed E-state index contributed by atoms with van der Waals surface area (Å²) in [6.07, 6.45) is 3.15. The van der Waals surface area contributed by atoms with Crippen molar-refractivity contribution in [1.82, 2.24) is 10.3 Å². The molecule has 3 rings (SSSR count). The van der Waals surface area contributed by atoms with Gasteiger partial charge in [0, 0.05) is 29.8 Å². The van der Waals surface area contributed by atoms with E-state index in [0.29, 0.717) is 42.2 Å². The van der Waals surface area contributed by atoms with E-state index in [1.807, 2.05) is 12.1 Å². The molecule has 1 aromatic heterocycles. The first kappa shape index (κ1) is 18.8. The Kier molecular flexibility index (Phi) is 6.03. The molecule has 1 amide bonds. The van der Waals surface area contributed by atoms with Crippen molar-refractivity contribution in [2.45, 2.75) is 18.9 Å². The molecule has 2 heterocycles. The monoisotopic (exact) mass is 370 g/mol. The van der Waals surface area contributed by atoms with Gasteiger partial charge in [0.15, 0.2) is 0 Å². The predicted octanol–water partition coefficient (Wildman–Crippen LogP) is 2.37. The molecular weight excluding hydrogens is 348 g/mol. The van der Waals surface area contributed by atoms with Crippen molar-refractivity contribution in [3.05, 3.63) is 48.2 Å². The number of methoxy groups -OCH3 is 1. The van der Waals surface area contributed by atoms with Crippen LogP contribution in [0.4, 0.5) is 0 Å². The number of amides is 1. The Morgan fingerprint density at radius 2 is 2.19 bits per heavy atom. The number of carbonyl (C=O) groups excluding carboxylic acids is 1. The van der Waals surface area contributed by atoms with Crippen LogP contribution in [0.5, 0.6) is 5.75 Å². The van der Waals surface area contributed by atoms with Crippen LogP contribution >= 0.6 is 0 Å². The van der Waals surface area contributed by atoms with E-state index in [1.54, 1.807) is 37.6 Å². The molecule has 2 aromatic rings. The van der Waals surface area contributed by atoms with Crippen LogP contribution in [0.15, 0.2) is 42.6 Å². The third-order valence-electron chi connectivity index (χ3n) is 4.62. The fraction of sp³-hybridized carbons (Fsp3) is 0.350. The second-order valence-electron chi connectivity index (χ2n) is 6.40. The van der Waals surface area contributed by atoms with Crippen molar-refractivity contribution in [3.8, 4) is 17.0 Å². The molecule has 0 bridgehead atoms. The summed E-state index contributed by atoms with van der Waals surface area (Å²) < 4.78 is 10.7. The van der Waals surface area contributed by atoms with Crippen molar-refractivity contribution in [1.29, 1.82) is 0 Å². The molecule has 1 aliphatic rings. The number of nitrogens with zero attached hydrogens (tertiary/aromatic N) is 1. The highest BCUT2D eigenvalue weighted by Crippen LogP contribution is 2.29. The number of aliphatic carboxylic acids is 1. The van der Waals surface area contributed by atoms with Crippen molar-refractivity contribution in [3.63, 3.8) is 0 Å². The zero-order valence-electron chi connectivity index (χ0n) is 15.1. The molecule has 27 heavy (non-hydrogen) atoms. The molecule has 2 unspecified atom stereocenters. The summed E-state index contributed by atoms with van der Waals surface area (Å²) in [5.74, 6) is -1.17. The maximum Gasteiger partial charge on any atom is 0.326 e. The summed E-state index contributed by atoms with van der Waals surface area (Å²) >= 11 is 0. The number of aromatic nitrogens is 1. The molecule has 142 valence electrons. The number of pyridine rings is 1. The number of hydrogen-bond donors (Lipinski definition) is 2. The number of carbonyl (C=O) groups is 2. The van der Waals surface area contributed by atoms with Crippen molar-refractivity contribution < 1.29 is 24.2 Å². The van der Waals surface area contributed by atoms with Crippen LogP contribution in [-0.2, 0) is 9.53 Å². The van der Waals surface area contributed by atoms with Crippen LogP contribution in [0.2, 0.25) is 0 Å². The first-order chi connectivity index (χ1) is 13.1. The maximum absolute atomic E-state index is 12.7. The van der Waals surface area contributed by atoms with E-state index < -0.39 is 17.9 Å². The number of benzene rings is 1. The molecule has 7 heteroatoms. The Morgan fingerprint density at radius 3 is 2.81 bits per heavy atom. The number of carboxylic acid groups (broad SMARTS) is 1. The SMILES string of the molecule is COc1ccc(C(=O)NC(C(=O)O)C2CCCOC2)cc1-c1ccccn1. The Balaban J connectivity index is 1.84. The molecule has 1 aliphatic heterocycles. The summed E-state index contributed by atoms with van der Waals surface area (Å²) in [5.41, 5.74) is 1.68. The number of nitrogens with one attached hydrogen (secondary N) is 1. The van der Waals surface area contributed by atoms with E-state index in [-0.39, 0.29) is 5.92 Å². The lowest BCUT2D eigenvalue weighted by atomic mass is 9.93. The molecule has 1 fully saturated rings. The number of ether oxygens (including phenoxy) is 2. The topological polar surface area (TPSA) is 97.8 Å². The van der Waals surface area contributed by atoms with Crippen LogP contribution < -0.4 is 10.1 Å². The van der Waals surface area contributed by atoms with Crippen LogP contribution in [0.3, 0.4) is 0 Å². The Morgan fingerprint density at radius 1 is 1.33 bits per heavy atom. The largest absolute Gasteiger partial charge is 0.496 e. The molecule has 0 aliphatic carbocycles. The first-order valence-corrected chi connectivity index (χ1v) is 8.81. The van der Waals surface area contributed by atoms with Gasteiger partial charge in [-0.15, -0.1) is 0 Å². The highest BCUT2D eigenvalue weighted by molar-refractivity contribution is 5.98. The molecule has 0 saturated carbocycles. The average molecular weight is 370 g/mol. The average Bonchev–Trinajstić information content (AvgIpc) is 2.72. The number of hydrogen-bond acceptors (Lipinski definition) is 5. The van der Waals surface area contributed by atoms with E-state index in [2.05, 4.69) is 10.3 Å². The molecule has 7 nitrogen and oxygen atoms in total. The summed E-state index contributed by atoms with van der Waals surface area (Å²) in [6.45, 7) is 0.960. The molecule has 0 radical (unpaired) electrons. The molecule has 2 atom stereocenters. The van der Waals surface area contributed by atoms with Gasteiger partial charge in [-0.05, 0) is 43.2 Å². The zero-order valence-corrected chi connectivity index (χ0v) is 15.1. The molecule has 2 N–H and O–H groups in total. The van der Waals surface area contributed by atoms with Crippen molar-refractivity contribution in [2.75, 3.05) is 20.3 Å². The number of rotatable bonds is 6. The fourth-order valence-corrected chi connectivity index (χ4v) is 3.21. The zero-order chi connectivity index (χ0) is 19.2. The molecular formula is C20H22N2O5. The predicted molar refractivity (Wildman–Crippen MR) is 98.7 cm³/mol. The van der Waals surface area contributed by atoms with Gasteiger partial charge < -0.3 is 19.9 Å². The van der Waals surface area contributed by atoms with Gasteiger partial charge in [-0.1, -0.05) is 6.07 Å². The lowest BCUT2D eigenvalue weighted by Gasteiger charge is -2.28. The van der Waals surface area contributed by atoms with E-state index in [4.69, 9.17) is 9.47 Å². The maximum atomic E-state index is 12.7. The highest BCUT2D eigenvalue weighted by atomic mass is 16.5. The minimum Gasteiger partial charge on any atom is -0.496 e. The minimum absolute atomic E-state index is 0.242. The summed E-state index contributed by atoms with van der Waals surface area (Å²) in [5, 5.41) is 12.2. The standard InChI is InChI=1S/C20H22N2O5/c1-26-17-8-7-13(11-15(17)16-6-2-3-9-21-16)19(23)22-18(20(24)25)14-5-4-10-27-12-14/h2-3,6-9,11,14,18H,4-5,10,12H2,1H3,(H,22,23)(H,24,25). The van der Waals surface area contributed by atoms with Crippen molar-refractivity contribution in [2.24, 2.45) is 5.92 Å². The van der Waals surface area contributed by atoms with Crippen LogP contribution in [0, 0.1) is 5.92 Å². The normalized spacial score (nSPS) is 17.7. The highest BCUT2D eigenvalue weighted by Gasteiger charge is 2.31. The van der Waals surface area contributed by atoms with Gasteiger partial charge in [-0.25, -0.2) is 4.79 Å². The van der Waals surface area contributed by atoms with E-state index in [1.165, 1.54) is 0 Å².